The lowest BCUT2D eigenvalue weighted by Gasteiger charge is -2.33. The van der Waals surface area contributed by atoms with Crippen LogP contribution in [-0.4, -0.2) is 97.7 Å². The van der Waals surface area contributed by atoms with Crippen molar-refractivity contribution in [3.8, 4) is 29.2 Å². The van der Waals surface area contributed by atoms with Crippen LogP contribution in [0.5, 0.6) is 5.75 Å². The van der Waals surface area contributed by atoms with Gasteiger partial charge in [-0.1, -0.05) is 5.92 Å². The predicted octanol–water partition coefficient (Wildman–Crippen LogP) is 3.33. The molecule has 1 aliphatic heterocycles. The van der Waals surface area contributed by atoms with E-state index in [1.807, 2.05) is 20.8 Å². The number of anilines is 2. The lowest BCUT2D eigenvalue weighted by Crippen LogP contribution is -2.46. The number of fused-ring (bicyclic) bond motifs is 1. The van der Waals surface area contributed by atoms with Gasteiger partial charge in [-0.05, 0) is 57.5 Å². The number of carbonyl (C=O) groups excluding carboxylic acids is 1. The molecule has 3 N–H and O–H groups in total. The van der Waals surface area contributed by atoms with E-state index in [1.165, 1.54) is 13.2 Å². The number of aromatic nitrogens is 3. The highest BCUT2D eigenvalue weighted by atomic mass is 32.3. The zero-order chi connectivity index (χ0) is 31.2. The Labute approximate surface area is 251 Å². The number of urea groups is 1. The normalized spacial score (nSPS) is 14.7. The Bertz CT molecular complexity index is 1610. The Kier molecular flexibility index (Phi) is 10.0. The van der Waals surface area contributed by atoms with Crippen LogP contribution in [0.3, 0.4) is 0 Å². The minimum Gasteiger partial charge on any atom is -0.497 e. The number of rotatable bonds is 10. The second-order valence-corrected chi connectivity index (χ2v) is 12.6. The van der Waals surface area contributed by atoms with E-state index in [4.69, 9.17) is 11.2 Å². The summed E-state index contributed by atoms with van der Waals surface area (Å²) in [5.41, 5.74) is 0.352. The van der Waals surface area contributed by atoms with Crippen molar-refractivity contribution in [2.24, 2.45) is 0 Å². The quantitative estimate of drug-likeness (QED) is 0.177. The van der Waals surface area contributed by atoms with Crippen molar-refractivity contribution in [1.82, 2.24) is 30.1 Å². The molecule has 0 spiro atoms. The number of hydrogen-bond acceptors (Lipinski definition) is 10. The van der Waals surface area contributed by atoms with E-state index >= 15 is 0 Å². The number of ether oxygens (including phenoxy) is 1. The highest BCUT2D eigenvalue weighted by Gasteiger charge is 2.21. The number of nitrogens with zero attached hydrogens (tertiary/aromatic N) is 5. The van der Waals surface area contributed by atoms with Gasteiger partial charge in [0, 0.05) is 61.5 Å². The van der Waals surface area contributed by atoms with E-state index in [-0.39, 0.29) is 17.1 Å². The molecule has 0 radical (unpaired) electrons. The molecule has 1 fully saturated rings. The fourth-order valence-corrected chi connectivity index (χ4v) is 5.16. The molecule has 2 aromatic heterocycles. The maximum atomic E-state index is 14.0. The van der Waals surface area contributed by atoms with Gasteiger partial charge in [0.25, 0.3) is 0 Å². The van der Waals surface area contributed by atoms with Crippen LogP contribution in [0.15, 0.2) is 35.4 Å². The smallest absolute Gasteiger partial charge is 0.332 e. The number of piperazine rings is 1. The average Bonchev–Trinajstić information content (AvgIpc) is 2.94. The van der Waals surface area contributed by atoms with Gasteiger partial charge >= 0.3 is 16.3 Å². The summed E-state index contributed by atoms with van der Waals surface area (Å²) in [6.45, 7) is 11.6. The molecule has 1 aliphatic rings. The largest absolute Gasteiger partial charge is 0.497 e. The molecular weight excluding hydrogens is 575 g/mol. The molecule has 3 heterocycles. The van der Waals surface area contributed by atoms with Gasteiger partial charge in [-0.2, -0.15) is 13.4 Å². The number of halogens is 1. The second kappa shape index (κ2) is 13.5. The highest BCUT2D eigenvalue weighted by molar-refractivity contribution is 7.86. The molecule has 43 heavy (non-hydrogen) atoms. The van der Waals surface area contributed by atoms with Crippen molar-refractivity contribution in [2.75, 3.05) is 63.6 Å². The van der Waals surface area contributed by atoms with E-state index in [1.54, 1.807) is 12.3 Å². The predicted molar refractivity (Wildman–Crippen MR) is 164 cm³/mol. The van der Waals surface area contributed by atoms with Crippen LogP contribution in [0.4, 0.5) is 20.4 Å². The van der Waals surface area contributed by atoms with E-state index < -0.39 is 26.7 Å². The Morgan fingerprint density at radius 1 is 1.12 bits per heavy atom. The fraction of sp³-hybridized carbons (Fsp3) is 0.448. The molecule has 230 valence electrons. The summed E-state index contributed by atoms with van der Waals surface area (Å²) in [4.78, 5) is 30.4. The van der Waals surface area contributed by atoms with E-state index in [0.717, 1.165) is 51.3 Å². The Balaban J connectivity index is 1.57. The first-order valence-corrected chi connectivity index (χ1v) is 15.3. The van der Waals surface area contributed by atoms with Gasteiger partial charge in [-0.15, -0.1) is 10.3 Å². The first-order valence-electron chi connectivity index (χ1n) is 13.9. The van der Waals surface area contributed by atoms with Gasteiger partial charge in [0.05, 0.1) is 13.7 Å². The third-order valence-corrected chi connectivity index (χ3v) is 7.51. The van der Waals surface area contributed by atoms with Gasteiger partial charge in [-0.25, -0.2) is 14.8 Å². The highest BCUT2D eigenvalue weighted by Crippen LogP contribution is 2.34. The van der Waals surface area contributed by atoms with Crippen molar-refractivity contribution in [1.29, 1.82) is 0 Å². The summed E-state index contributed by atoms with van der Waals surface area (Å²) in [6, 6.07) is 4.87. The topological polar surface area (TPSA) is 142 Å². The molecule has 2 amide bonds. The number of nitrogens with one attached hydrogen (secondary N) is 3. The molecule has 3 aromatic rings. The number of benzene rings is 1. The van der Waals surface area contributed by atoms with Crippen molar-refractivity contribution >= 4 is 39.1 Å². The number of amides is 2. The zero-order valence-corrected chi connectivity index (χ0v) is 25.6. The average molecular weight is 613 g/mol. The van der Waals surface area contributed by atoms with Gasteiger partial charge in [0.15, 0.2) is 5.65 Å². The lowest BCUT2D eigenvalue weighted by atomic mass is 10.0. The maximum absolute atomic E-state index is 14.0. The first kappa shape index (κ1) is 31.9. The molecule has 0 unspecified atom stereocenters. The molecule has 1 saturated heterocycles. The van der Waals surface area contributed by atoms with E-state index in [2.05, 4.69) is 46.6 Å². The summed E-state index contributed by atoms with van der Waals surface area (Å²) in [5.74, 6) is 3.28. The van der Waals surface area contributed by atoms with Crippen molar-refractivity contribution in [3.63, 3.8) is 0 Å². The number of hydrogen-bond donors (Lipinski definition) is 3. The second-order valence-electron chi connectivity index (χ2n) is 11.3. The third-order valence-electron chi connectivity index (χ3n) is 6.71. The Morgan fingerprint density at radius 3 is 2.49 bits per heavy atom. The third kappa shape index (κ3) is 8.96. The van der Waals surface area contributed by atoms with Crippen LogP contribution in [0.25, 0.3) is 22.2 Å². The monoisotopic (exact) mass is 612 g/mol. The molecule has 0 bridgehead atoms. The van der Waals surface area contributed by atoms with Crippen LogP contribution < -0.4 is 20.7 Å². The summed E-state index contributed by atoms with van der Waals surface area (Å²) >= 11 is 0. The van der Waals surface area contributed by atoms with Crippen LogP contribution >= 0.6 is 0 Å². The lowest BCUT2D eigenvalue weighted by molar-refractivity contribution is 0.144. The summed E-state index contributed by atoms with van der Waals surface area (Å²) in [6.07, 6.45) is 7.88. The van der Waals surface area contributed by atoms with Crippen LogP contribution in [0, 0.1) is 12.3 Å². The summed E-state index contributed by atoms with van der Waals surface area (Å²) in [7, 11) is -3.70. The van der Waals surface area contributed by atoms with Gasteiger partial charge in [0.2, 0.25) is 5.95 Å². The molecule has 0 aliphatic carbocycles. The molecule has 1 aromatic carbocycles. The number of carbonyl (C=O) groups is 1. The van der Waals surface area contributed by atoms with Gasteiger partial charge in [-0.3, -0.25) is 10.2 Å². The van der Waals surface area contributed by atoms with Crippen molar-refractivity contribution in [3.05, 3.63) is 30.5 Å². The minimum absolute atomic E-state index is 0.0957. The molecule has 14 heteroatoms. The molecule has 0 saturated carbocycles. The SMILES string of the molecule is C#CCN1CCN(CCCNc2ncc3cc(-c4cc(OC)cc(S(=O)(=O)F)c4)c(NC(=O)NC(C)(C)C)nc3n2)CC1. The van der Waals surface area contributed by atoms with Crippen LogP contribution in [0.1, 0.15) is 27.2 Å². The minimum atomic E-state index is -5.04. The van der Waals surface area contributed by atoms with E-state index in [9.17, 15) is 17.1 Å². The Morgan fingerprint density at radius 2 is 1.84 bits per heavy atom. The fourth-order valence-electron chi connectivity index (χ4n) is 4.63. The van der Waals surface area contributed by atoms with Gasteiger partial charge in [0.1, 0.15) is 16.5 Å². The first-order chi connectivity index (χ1) is 20.3. The summed E-state index contributed by atoms with van der Waals surface area (Å²) < 4.78 is 42.7. The van der Waals surface area contributed by atoms with Crippen molar-refractivity contribution in [2.45, 2.75) is 37.6 Å². The Hall–Kier alpha value is -4.06. The maximum Gasteiger partial charge on any atom is 0.332 e. The number of pyridine rings is 1. The summed E-state index contributed by atoms with van der Waals surface area (Å²) in [5, 5.41) is 9.29. The molecular formula is C29H37FN8O4S. The number of terminal acetylenes is 1. The van der Waals surface area contributed by atoms with Gasteiger partial charge < -0.3 is 20.3 Å². The van der Waals surface area contributed by atoms with Crippen molar-refractivity contribution < 1.29 is 21.8 Å². The molecule has 0 atom stereocenters. The zero-order valence-electron chi connectivity index (χ0n) is 24.8. The molecule has 4 rings (SSSR count). The van der Waals surface area contributed by atoms with Crippen LogP contribution in [0.2, 0.25) is 0 Å². The molecule has 12 nitrogen and oxygen atoms in total. The van der Waals surface area contributed by atoms with Crippen LogP contribution in [-0.2, 0) is 10.2 Å². The standard InChI is InChI=1S/C29H37FN8O4S/c1-6-9-37-11-13-38(14-12-37)10-7-8-31-27-32-19-21-17-24(20-15-22(42-5)18-23(16-20)43(30,40)41)26(33-25(21)34-27)35-28(39)36-29(2,3)4/h1,15-19H,7-14H2,2-5H3,(H3,31,32,33,34,35,36,39). The van der Waals surface area contributed by atoms with E-state index in [0.29, 0.717) is 35.6 Å². The number of methoxy groups -OCH3 is 1.